The second kappa shape index (κ2) is 4.72. The lowest BCUT2D eigenvalue weighted by Crippen LogP contribution is -2.19. The van der Waals surface area contributed by atoms with E-state index in [1.165, 1.54) is 0 Å². The Morgan fingerprint density at radius 1 is 1.38 bits per heavy atom. The molecular formula is C12H17NO3. The zero-order chi connectivity index (χ0) is 11.5. The quantitative estimate of drug-likeness (QED) is 0.803. The average Bonchev–Trinajstić information content (AvgIpc) is 2.29. The van der Waals surface area contributed by atoms with E-state index < -0.39 is 6.10 Å². The van der Waals surface area contributed by atoms with Gasteiger partial charge in [-0.05, 0) is 37.2 Å². The van der Waals surface area contributed by atoms with Crippen LogP contribution >= 0.6 is 0 Å². The van der Waals surface area contributed by atoms with Crippen LogP contribution in [0.4, 0.5) is 0 Å². The zero-order valence-corrected chi connectivity index (χ0v) is 9.62. The van der Waals surface area contributed by atoms with Gasteiger partial charge in [-0.2, -0.15) is 0 Å². The molecule has 0 spiro atoms. The molecule has 0 radical (unpaired) electrons. The summed E-state index contributed by atoms with van der Waals surface area (Å²) < 4.78 is 11.0. The topological polar surface area (TPSA) is 50.7 Å². The number of benzene rings is 1. The fourth-order valence-electron chi connectivity index (χ4n) is 1.86. The van der Waals surface area contributed by atoms with Gasteiger partial charge in [-0.15, -0.1) is 0 Å². The maximum absolute atomic E-state index is 9.89. The van der Waals surface area contributed by atoms with Crippen LogP contribution in [0.3, 0.4) is 0 Å². The van der Waals surface area contributed by atoms with Gasteiger partial charge in [0.25, 0.3) is 0 Å². The Balaban J connectivity index is 2.31. The van der Waals surface area contributed by atoms with Gasteiger partial charge >= 0.3 is 0 Å². The Hall–Kier alpha value is -1.26. The van der Waals surface area contributed by atoms with Gasteiger partial charge in [-0.1, -0.05) is 0 Å². The monoisotopic (exact) mass is 223 g/mol. The summed E-state index contributed by atoms with van der Waals surface area (Å²) in [4.78, 5) is 0. The number of likely N-dealkylation sites (N-methyl/N-ethyl adjacent to an activating group) is 1. The van der Waals surface area contributed by atoms with Crippen LogP contribution in [0, 0.1) is 6.92 Å². The van der Waals surface area contributed by atoms with Crippen molar-refractivity contribution in [1.29, 1.82) is 0 Å². The van der Waals surface area contributed by atoms with E-state index in [0.717, 1.165) is 22.6 Å². The van der Waals surface area contributed by atoms with Crippen molar-refractivity contribution in [3.8, 4) is 11.5 Å². The lowest BCUT2D eigenvalue weighted by Gasteiger charge is -2.22. The fourth-order valence-corrected chi connectivity index (χ4v) is 1.86. The fraction of sp³-hybridized carbons (Fsp3) is 0.500. The molecule has 0 fully saturated rings. The number of aliphatic hydroxyl groups excluding tert-OH is 1. The highest BCUT2D eigenvalue weighted by Crippen LogP contribution is 2.36. The van der Waals surface area contributed by atoms with Gasteiger partial charge in [0.05, 0.1) is 6.10 Å². The molecule has 1 atom stereocenters. The molecule has 1 unspecified atom stereocenters. The van der Waals surface area contributed by atoms with E-state index >= 15 is 0 Å². The number of aliphatic hydroxyl groups is 1. The SMILES string of the molecule is CNCC(O)c1cc(C)c2c(c1)OCCO2. The number of ether oxygens (including phenoxy) is 2. The first-order valence-electron chi connectivity index (χ1n) is 5.45. The Labute approximate surface area is 95.2 Å². The van der Waals surface area contributed by atoms with Crippen molar-refractivity contribution in [1.82, 2.24) is 5.32 Å². The molecule has 88 valence electrons. The number of fused-ring (bicyclic) bond motifs is 1. The van der Waals surface area contributed by atoms with E-state index in [1.54, 1.807) is 0 Å². The van der Waals surface area contributed by atoms with Gasteiger partial charge in [0.15, 0.2) is 11.5 Å². The predicted molar refractivity (Wildman–Crippen MR) is 61.1 cm³/mol. The van der Waals surface area contributed by atoms with Crippen molar-refractivity contribution in [3.05, 3.63) is 23.3 Å². The molecule has 0 aliphatic carbocycles. The summed E-state index contributed by atoms with van der Waals surface area (Å²) in [5.41, 5.74) is 1.86. The molecule has 1 aromatic rings. The highest BCUT2D eigenvalue weighted by Gasteiger charge is 2.17. The predicted octanol–water partition coefficient (Wildman–Crippen LogP) is 1.02. The van der Waals surface area contributed by atoms with Gasteiger partial charge in [0.2, 0.25) is 0 Å². The number of aryl methyl sites for hydroxylation is 1. The van der Waals surface area contributed by atoms with E-state index in [2.05, 4.69) is 5.32 Å². The van der Waals surface area contributed by atoms with Crippen LogP contribution in [0.1, 0.15) is 17.2 Å². The van der Waals surface area contributed by atoms with Crippen molar-refractivity contribution in [2.75, 3.05) is 26.8 Å². The summed E-state index contributed by atoms with van der Waals surface area (Å²) in [6.07, 6.45) is -0.514. The summed E-state index contributed by atoms with van der Waals surface area (Å²) in [5, 5.41) is 12.8. The van der Waals surface area contributed by atoms with Gasteiger partial charge < -0.3 is 19.9 Å². The first-order valence-corrected chi connectivity index (χ1v) is 5.45. The number of rotatable bonds is 3. The molecule has 0 saturated heterocycles. The first-order chi connectivity index (χ1) is 7.72. The van der Waals surface area contributed by atoms with Crippen LogP contribution in [0.2, 0.25) is 0 Å². The number of hydrogen-bond donors (Lipinski definition) is 2. The van der Waals surface area contributed by atoms with Crippen molar-refractivity contribution in [3.63, 3.8) is 0 Å². The highest BCUT2D eigenvalue weighted by atomic mass is 16.6. The van der Waals surface area contributed by atoms with Crippen molar-refractivity contribution in [2.24, 2.45) is 0 Å². The lowest BCUT2D eigenvalue weighted by atomic mass is 10.0. The van der Waals surface area contributed by atoms with E-state index in [1.807, 2.05) is 26.1 Å². The molecule has 16 heavy (non-hydrogen) atoms. The normalized spacial score (nSPS) is 15.9. The second-order valence-corrected chi connectivity index (χ2v) is 3.94. The van der Waals surface area contributed by atoms with Gasteiger partial charge in [-0.3, -0.25) is 0 Å². The van der Waals surface area contributed by atoms with Gasteiger partial charge in [0, 0.05) is 6.54 Å². The third-order valence-electron chi connectivity index (χ3n) is 2.63. The van der Waals surface area contributed by atoms with Crippen LogP contribution in [0.25, 0.3) is 0 Å². The molecule has 0 amide bonds. The van der Waals surface area contributed by atoms with Crippen LogP contribution < -0.4 is 14.8 Å². The minimum Gasteiger partial charge on any atom is -0.486 e. The largest absolute Gasteiger partial charge is 0.486 e. The van der Waals surface area contributed by atoms with E-state index in [4.69, 9.17) is 9.47 Å². The van der Waals surface area contributed by atoms with Crippen LogP contribution in [0.15, 0.2) is 12.1 Å². The Bertz CT molecular complexity index is 379. The molecule has 2 rings (SSSR count). The van der Waals surface area contributed by atoms with Gasteiger partial charge in [0.1, 0.15) is 13.2 Å². The molecule has 1 aliphatic rings. The Morgan fingerprint density at radius 2 is 2.12 bits per heavy atom. The molecule has 0 aromatic heterocycles. The van der Waals surface area contributed by atoms with Crippen molar-refractivity contribution in [2.45, 2.75) is 13.0 Å². The average molecular weight is 223 g/mol. The minimum atomic E-state index is -0.514. The molecule has 4 nitrogen and oxygen atoms in total. The van der Waals surface area contributed by atoms with Crippen molar-refractivity contribution >= 4 is 0 Å². The molecule has 1 aromatic carbocycles. The van der Waals surface area contributed by atoms with E-state index in [-0.39, 0.29) is 0 Å². The summed E-state index contributed by atoms with van der Waals surface area (Å²) in [7, 11) is 1.81. The highest BCUT2D eigenvalue weighted by molar-refractivity contribution is 5.50. The lowest BCUT2D eigenvalue weighted by molar-refractivity contribution is 0.163. The van der Waals surface area contributed by atoms with E-state index in [0.29, 0.717) is 19.8 Å². The van der Waals surface area contributed by atoms with E-state index in [9.17, 15) is 5.11 Å². The molecule has 0 bridgehead atoms. The molecule has 1 heterocycles. The summed E-state index contributed by atoms with van der Waals surface area (Å²) in [6.45, 7) is 3.65. The zero-order valence-electron chi connectivity index (χ0n) is 9.62. The maximum atomic E-state index is 9.89. The summed E-state index contributed by atoms with van der Waals surface area (Å²) in [5.74, 6) is 1.53. The minimum absolute atomic E-state index is 0.514. The number of nitrogens with one attached hydrogen (secondary N) is 1. The molecule has 4 heteroatoms. The van der Waals surface area contributed by atoms with Crippen LogP contribution in [-0.4, -0.2) is 31.9 Å². The molecule has 1 aliphatic heterocycles. The molecular weight excluding hydrogens is 206 g/mol. The van der Waals surface area contributed by atoms with Crippen molar-refractivity contribution < 1.29 is 14.6 Å². The third-order valence-corrected chi connectivity index (χ3v) is 2.63. The third kappa shape index (κ3) is 2.13. The Kier molecular flexibility index (Phi) is 3.31. The molecule has 0 saturated carbocycles. The van der Waals surface area contributed by atoms with Crippen LogP contribution in [-0.2, 0) is 0 Å². The summed E-state index contributed by atoms with van der Waals surface area (Å²) in [6, 6.07) is 3.79. The standard InChI is InChI=1S/C12H17NO3/c1-8-5-9(10(14)7-13-2)6-11-12(8)16-4-3-15-11/h5-6,10,13-14H,3-4,7H2,1-2H3. The second-order valence-electron chi connectivity index (χ2n) is 3.94. The molecule has 2 N–H and O–H groups in total. The summed E-state index contributed by atoms with van der Waals surface area (Å²) >= 11 is 0. The van der Waals surface area contributed by atoms with Crippen LogP contribution in [0.5, 0.6) is 11.5 Å². The smallest absolute Gasteiger partial charge is 0.164 e. The van der Waals surface area contributed by atoms with Gasteiger partial charge in [-0.25, -0.2) is 0 Å². The first kappa shape index (κ1) is 11.2. The maximum Gasteiger partial charge on any atom is 0.164 e. The number of hydrogen-bond acceptors (Lipinski definition) is 4. The Morgan fingerprint density at radius 3 is 2.88 bits per heavy atom.